The average molecular weight is 307 g/mol. The predicted molar refractivity (Wildman–Crippen MR) is 83.2 cm³/mol. The third kappa shape index (κ3) is 3.73. The van der Waals surface area contributed by atoms with Crippen molar-refractivity contribution in [3.63, 3.8) is 0 Å². The van der Waals surface area contributed by atoms with E-state index in [0.29, 0.717) is 21.8 Å². The molecule has 0 atom stereocenters. The molecule has 21 heavy (non-hydrogen) atoms. The Morgan fingerprint density at radius 2 is 1.95 bits per heavy atom. The van der Waals surface area contributed by atoms with Crippen molar-refractivity contribution in [2.24, 2.45) is 0 Å². The maximum absolute atomic E-state index is 13.7. The summed E-state index contributed by atoms with van der Waals surface area (Å²) in [6.07, 6.45) is 0. The summed E-state index contributed by atoms with van der Waals surface area (Å²) in [5, 5.41) is 3.56. The lowest BCUT2D eigenvalue weighted by Gasteiger charge is -2.15. The molecule has 0 heterocycles. The Hall–Kier alpha value is -2.07. The lowest BCUT2D eigenvalue weighted by molar-refractivity contribution is 0.0828. The predicted octanol–water partition coefficient (Wildman–Crippen LogP) is 3.79. The van der Waals surface area contributed by atoms with Crippen molar-refractivity contribution >= 4 is 23.2 Å². The van der Waals surface area contributed by atoms with Gasteiger partial charge in [-0.3, -0.25) is 4.79 Å². The van der Waals surface area contributed by atoms with Crippen LogP contribution in [0.25, 0.3) is 0 Å². The molecule has 0 saturated heterocycles. The minimum absolute atomic E-state index is 0.107. The molecule has 0 aromatic heterocycles. The molecule has 0 unspecified atom stereocenters. The van der Waals surface area contributed by atoms with Crippen LogP contribution in [0.2, 0.25) is 5.02 Å². The van der Waals surface area contributed by atoms with E-state index in [1.54, 1.807) is 38.4 Å². The first-order valence-electron chi connectivity index (χ1n) is 6.47. The number of benzene rings is 2. The molecule has 1 N–H and O–H groups in total. The van der Waals surface area contributed by atoms with Gasteiger partial charge in [0.1, 0.15) is 5.82 Å². The Labute approximate surface area is 128 Å². The van der Waals surface area contributed by atoms with Crippen molar-refractivity contribution in [3.05, 3.63) is 64.4 Å². The zero-order chi connectivity index (χ0) is 15.4. The van der Waals surface area contributed by atoms with Crippen molar-refractivity contribution in [2.45, 2.75) is 6.54 Å². The zero-order valence-corrected chi connectivity index (χ0v) is 12.6. The number of halogens is 2. The normalized spacial score (nSPS) is 10.3. The average Bonchev–Trinajstić information content (AvgIpc) is 2.47. The Balaban J connectivity index is 2.21. The maximum Gasteiger partial charge on any atom is 0.255 e. The third-order valence-electron chi connectivity index (χ3n) is 3.04. The lowest BCUT2D eigenvalue weighted by Crippen LogP contribution is -2.22. The molecule has 5 heteroatoms. The van der Waals surface area contributed by atoms with Gasteiger partial charge in [-0.15, -0.1) is 0 Å². The molecule has 2 rings (SSSR count). The minimum atomic E-state index is -0.330. The van der Waals surface area contributed by atoms with Crippen LogP contribution in [0, 0.1) is 5.82 Å². The van der Waals surface area contributed by atoms with E-state index in [4.69, 9.17) is 11.6 Å². The number of para-hydroxylation sites is 1. The highest BCUT2D eigenvalue weighted by Gasteiger charge is 2.13. The summed E-state index contributed by atoms with van der Waals surface area (Å²) in [5.41, 5.74) is 1.66. The smallest absolute Gasteiger partial charge is 0.255 e. The first-order valence-corrected chi connectivity index (χ1v) is 6.85. The number of hydrogen-bond acceptors (Lipinski definition) is 2. The molecular formula is C16H16ClFN2O. The van der Waals surface area contributed by atoms with Gasteiger partial charge in [-0.1, -0.05) is 23.7 Å². The summed E-state index contributed by atoms with van der Waals surface area (Å²) in [6, 6.07) is 11.5. The van der Waals surface area contributed by atoms with Crippen molar-refractivity contribution < 1.29 is 9.18 Å². The zero-order valence-electron chi connectivity index (χ0n) is 11.9. The summed E-state index contributed by atoms with van der Waals surface area (Å²) < 4.78 is 13.7. The number of nitrogens with zero attached hydrogens (tertiary/aromatic N) is 1. The first kappa shape index (κ1) is 15.3. The van der Waals surface area contributed by atoms with Crippen LogP contribution in [0.15, 0.2) is 42.5 Å². The van der Waals surface area contributed by atoms with Gasteiger partial charge in [0.05, 0.1) is 5.56 Å². The number of carbonyl (C=O) groups is 1. The van der Waals surface area contributed by atoms with E-state index in [1.165, 1.54) is 17.0 Å². The molecule has 0 aliphatic heterocycles. The number of hydrogen-bond donors (Lipinski definition) is 1. The molecule has 3 nitrogen and oxygen atoms in total. The van der Waals surface area contributed by atoms with Crippen molar-refractivity contribution in [1.82, 2.24) is 4.90 Å². The molecule has 0 aliphatic rings. The van der Waals surface area contributed by atoms with Crippen LogP contribution in [-0.4, -0.2) is 24.9 Å². The quantitative estimate of drug-likeness (QED) is 0.932. The largest absolute Gasteiger partial charge is 0.380 e. The van der Waals surface area contributed by atoms with E-state index in [0.717, 1.165) is 0 Å². The SMILES string of the molecule is CN(C)C(=O)c1ccccc1NCc1cc(Cl)ccc1F. The number of nitrogens with one attached hydrogen (secondary N) is 1. The number of rotatable bonds is 4. The van der Waals surface area contributed by atoms with Crippen molar-refractivity contribution in [3.8, 4) is 0 Å². The van der Waals surface area contributed by atoms with Gasteiger partial charge in [-0.2, -0.15) is 0 Å². The van der Waals surface area contributed by atoms with Gasteiger partial charge >= 0.3 is 0 Å². The van der Waals surface area contributed by atoms with Crippen LogP contribution < -0.4 is 5.32 Å². The molecule has 110 valence electrons. The molecule has 0 saturated carbocycles. The van der Waals surface area contributed by atoms with Crippen LogP contribution in [-0.2, 0) is 6.54 Å². The fourth-order valence-corrected chi connectivity index (χ4v) is 2.13. The van der Waals surface area contributed by atoms with E-state index in [9.17, 15) is 9.18 Å². The summed E-state index contributed by atoms with van der Waals surface area (Å²) in [7, 11) is 3.38. The van der Waals surface area contributed by atoms with Gasteiger partial charge in [-0.25, -0.2) is 4.39 Å². The highest BCUT2D eigenvalue weighted by Crippen LogP contribution is 2.20. The molecule has 0 aliphatic carbocycles. The van der Waals surface area contributed by atoms with Gasteiger partial charge in [0.2, 0.25) is 0 Å². The van der Waals surface area contributed by atoms with Gasteiger partial charge in [-0.05, 0) is 30.3 Å². The van der Waals surface area contributed by atoms with E-state index in [1.807, 2.05) is 6.07 Å². The summed E-state index contributed by atoms with van der Waals surface area (Å²) in [4.78, 5) is 13.6. The highest BCUT2D eigenvalue weighted by atomic mass is 35.5. The topological polar surface area (TPSA) is 32.3 Å². The van der Waals surface area contributed by atoms with E-state index in [-0.39, 0.29) is 18.3 Å². The monoisotopic (exact) mass is 306 g/mol. The lowest BCUT2D eigenvalue weighted by atomic mass is 10.1. The molecule has 1 amide bonds. The van der Waals surface area contributed by atoms with Crippen LogP contribution in [0.3, 0.4) is 0 Å². The number of amides is 1. The minimum Gasteiger partial charge on any atom is -0.380 e. The summed E-state index contributed by atoms with van der Waals surface area (Å²) in [5.74, 6) is -0.437. The van der Waals surface area contributed by atoms with Gasteiger partial charge in [0.25, 0.3) is 5.91 Å². The number of anilines is 1. The second-order valence-corrected chi connectivity index (χ2v) is 5.27. The van der Waals surface area contributed by atoms with E-state index < -0.39 is 0 Å². The van der Waals surface area contributed by atoms with Crippen molar-refractivity contribution in [2.75, 3.05) is 19.4 Å². The van der Waals surface area contributed by atoms with Crippen LogP contribution in [0.4, 0.5) is 10.1 Å². The molecule has 0 fully saturated rings. The Morgan fingerprint density at radius 1 is 1.24 bits per heavy atom. The fourth-order valence-electron chi connectivity index (χ4n) is 1.93. The fraction of sp³-hybridized carbons (Fsp3) is 0.188. The van der Waals surface area contributed by atoms with E-state index in [2.05, 4.69) is 5.32 Å². The Kier molecular flexibility index (Phi) is 4.81. The van der Waals surface area contributed by atoms with E-state index >= 15 is 0 Å². The maximum atomic E-state index is 13.7. The van der Waals surface area contributed by atoms with Crippen LogP contribution in [0.1, 0.15) is 15.9 Å². The molecule has 2 aromatic rings. The molecule has 0 radical (unpaired) electrons. The molecular weight excluding hydrogens is 291 g/mol. The highest BCUT2D eigenvalue weighted by molar-refractivity contribution is 6.30. The van der Waals surface area contributed by atoms with Gasteiger partial charge in [0.15, 0.2) is 0 Å². The third-order valence-corrected chi connectivity index (χ3v) is 3.28. The summed E-state index contributed by atoms with van der Waals surface area (Å²) >= 11 is 5.87. The first-order chi connectivity index (χ1) is 9.99. The van der Waals surface area contributed by atoms with Crippen LogP contribution in [0.5, 0.6) is 0 Å². The second kappa shape index (κ2) is 6.59. The second-order valence-electron chi connectivity index (χ2n) is 4.83. The number of carbonyl (C=O) groups excluding carboxylic acids is 1. The Bertz CT molecular complexity index is 658. The summed E-state index contributed by atoms with van der Waals surface area (Å²) in [6.45, 7) is 0.254. The molecule has 0 spiro atoms. The van der Waals surface area contributed by atoms with Crippen molar-refractivity contribution in [1.29, 1.82) is 0 Å². The van der Waals surface area contributed by atoms with Crippen LogP contribution >= 0.6 is 11.6 Å². The van der Waals surface area contributed by atoms with Gasteiger partial charge < -0.3 is 10.2 Å². The molecule has 2 aromatic carbocycles. The Morgan fingerprint density at radius 3 is 2.67 bits per heavy atom. The standard InChI is InChI=1S/C16H16ClFN2O/c1-20(2)16(21)13-5-3-4-6-15(13)19-10-11-9-12(17)7-8-14(11)18/h3-9,19H,10H2,1-2H3. The molecule has 0 bridgehead atoms. The van der Waals surface area contributed by atoms with Gasteiger partial charge in [0, 0.05) is 36.9 Å².